The highest BCUT2D eigenvalue weighted by atomic mass is 32.2. The number of rotatable bonds is 5. The summed E-state index contributed by atoms with van der Waals surface area (Å²) in [4.78, 5) is 0.228. The molecule has 1 fully saturated rings. The van der Waals surface area contributed by atoms with Gasteiger partial charge >= 0.3 is 0 Å². The van der Waals surface area contributed by atoms with Crippen LogP contribution < -0.4 is 0 Å². The van der Waals surface area contributed by atoms with Crippen LogP contribution in [0.25, 0.3) is 0 Å². The Hall–Kier alpha value is -2.43. The summed E-state index contributed by atoms with van der Waals surface area (Å²) in [6.07, 6.45) is 2.83. The standard InChI is InChI=1S/C25H26O3S/c1-20-12-14-24(15-13-20)29(26,27)28-23-16-18-25(19-17-23,21-8-4-2-5-9-21)22-10-6-3-7-11-22/h2-15,23H,16-19H2,1H3. The van der Waals surface area contributed by atoms with Crippen molar-refractivity contribution in [3.8, 4) is 0 Å². The van der Waals surface area contributed by atoms with Gasteiger partial charge < -0.3 is 0 Å². The van der Waals surface area contributed by atoms with Crippen molar-refractivity contribution < 1.29 is 12.6 Å². The summed E-state index contributed by atoms with van der Waals surface area (Å²) in [6, 6.07) is 27.9. The molecule has 0 aromatic heterocycles. The van der Waals surface area contributed by atoms with Crippen LogP contribution in [0.4, 0.5) is 0 Å². The Morgan fingerprint density at radius 3 is 1.72 bits per heavy atom. The van der Waals surface area contributed by atoms with Gasteiger partial charge in [-0.2, -0.15) is 8.42 Å². The maximum absolute atomic E-state index is 12.7. The van der Waals surface area contributed by atoms with Crippen LogP contribution in [0.5, 0.6) is 0 Å². The Labute approximate surface area is 173 Å². The van der Waals surface area contributed by atoms with E-state index in [0.29, 0.717) is 12.8 Å². The van der Waals surface area contributed by atoms with Gasteiger partial charge in [0.15, 0.2) is 0 Å². The molecule has 0 N–H and O–H groups in total. The molecule has 4 rings (SSSR count). The van der Waals surface area contributed by atoms with Gasteiger partial charge in [0, 0.05) is 5.41 Å². The number of hydrogen-bond acceptors (Lipinski definition) is 3. The Balaban J connectivity index is 1.55. The van der Waals surface area contributed by atoms with Crippen LogP contribution >= 0.6 is 0 Å². The highest BCUT2D eigenvalue weighted by Crippen LogP contribution is 2.45. The first-order chi connectivity index (χ1) is 14.0. The number of hydrogen-bond donors (Lipinski definition) is 0. The molecule has 150 valence electrons. The molecule has 0 aliphatic heterocycles. The quantitative estimate of drug-likeness (QED) is 0.516. The molecule has 0 radical (unpaired) electrons. The van der Waals surface area contributed by atoms with Crippen molar-refractivity contribution in [2.45, 2.75) is 49.0 Å². The van der Waals surface area contributed by atoms with Crippen LogP contribution in [-0.2, 0) is 19.7 Å². The third-order valence-electron chi connectivity index (χ3n) is 6.01. The lowest BCUT2D eigenvalue weighted by molar-refractivity contribution is 0.134. The van der Waals surface area contributed by atoms with Crippen LogP contribution in [0, 0.1) is 6.92 Å². The second-order valence-electron chi connectivity index (χ2n) is 7.88. The summed E-state index contributed by atoms with van der Waals surface area (Å²) >= 11 is 0. The van der Waals surface area contributed by atoms with Gasteiger partial charge in [-0.05, 0) is 55.9 Å². The smallest absolute Gasteiger partial charge is 0.263 e. The van der Waals surface area contributed by atoms with Crippen molar-refractivity contribution in [2.24, 2.45) is 0 Å². The van der Waals surface area contributed by atoms with Crippen molar-refractivity contribution in [1.29, 1.82) is 0 Å². The molecule has 0 atom stereocenters. The van der Waals surface area contributed by atoms with E-state index in [-0.39, 0.29) is 16.4 Å². The summed E-state index contributed by atoms with van der Waals surface area (Å²) in [5.74, 6) is 0. The summed E-state index contributed by atoms with van der Waals surface area (Å²) in [7, 11) is -3.74. The summed E-state index contributed by atoms with van der Waals surface area (Å²) in [5.41, 5.74) is 3.49. The van der Waals surface area contributed by atoms with E-state index >= 15 is 0 Å². The number of aryl methyl sites for hydroxylation is 1. The van der Waals surface area contributed by atoms with E-state index in [0.717, 1.165) is 18.4 Å². The van der Waals surface area contributed by atoms with Crippen molar-refractivity contribution in [3.05, 3.63) is 102 Å². The lowest BCUT2D eigenvalue weighted by atomic mass is 9.65. The summed E-state index contributed by atoms with van der Waals surface area (Å²) in [6.45, 7) is 1.94. The minimum absolute atomic E-state index is 0.101. The zero-order chi connectivity index (χ0) is 20.3. The fourth-order valence-electron chi connectivity index (χ4n) is 4.38. The molecule has 0 spiro atoms. The molecule has 3 aromatic carbocycles. The molecule has 29 heavy (non-hydrogen) atoms. The highest BCUT2D eigenvalue weighted by molar-refractivity contribution is 7.86. The lowest BCUT2D eigenvalue weighted by Crippen LogP contribution is -2.36. The lowest BCUT2D eigenvalue weighted by Gasteiger charge is -2.41. The molecule has 1 saturated carbocycles. The van der Waals surface area contributed by atoms with Gasteiger partial charge in [0.05, 0.1) is 11.0 Å². The van der Waals surface area contributed by atoms with E-state index < -0.39 is 10.1 Å². The van der Waals surface area contributed by atoms with Gasteiger partial charge in [0.25, 0.3) is 10.1 Å². The molecule has 0 unspecified atom stereocenters. The molecule has 1 aliphatic carbocycles. The van der Waals surface area contributed by atoms with Gasteiger partial charge in [-0.25, -0.2) is 0 Å². The monoisotopic (exact) mass is 406 g/mol. The van der Waals surface area contributed by atoms with E-state index in [9.17, 15) is 8.42 Å². The van der Waals surface area contributed by atoms with E-state index in [1.165, 1.54) is 11.1 Å². The van der Waals surface area contributed by atoms with E-state index in [4.69, 9.17) is 4.18 Å². The largest absolute Gasteiger partial charge is 0.297 e. The van der Waals surface area contributed by atoms with Crippen molar-refractivity contribution >= 4 is 10.1 Å². The Morgan fingerprint density at radius 2 is 1.24 bits per heavy atom. The molecule has 0 saturated heterocycles. The highest BCUT2D eigenvalue weighted by Gasteiger charge is 2.39. The minimum atomic E-state index is -3.74. The normalized spacial score (nSPS) is 17.1. The zero-order valence-electron chi connectivity index (χ0n) is 16.6. The first-order valence-corrected chi connectivity index (χ1v) is 11.5. The van der Waals surface area contributed by atoms with Gasteiger partial charge in [-0.15, -0.1) is 0 Å². The summed E-state index contributed by atoms with van der Waals surface area (Å²) in [5, 5.41) is 0. The third-order valence-corrected chi connectivity index (χ3v) is 7.39. The average molecular weight is 407 g/mol. The Bertz CT molecular complexity index is 993. The maximum Gasteiger partial charge on any atom is 0.297 e. The topological polar surface area (TPSA) is 43.4 Å². The molecule has 4 heteroatoms. The first-order valence-electron chi connectivity index (χ1n) is 10.1. The van der Waals surface area contributed by atoms with Crippen molar-refractivity contribution in [1.82, 2.24) is 0 Å². The first kappa shape index (κ1) is 19.9. The van der Waals surface area contributed by atoms with E-state index in [2.05, 4.69) is 48.5 Å². The summed E-state index contributed by atoms with van der Waals surface area (Å²) < 4.78 is 31.0. The van der Waals surface area contributed by atoms with Crippen LogP contribution in [-0.4, -0.2) is 14.5 Å². The van der Waals surface area contributed by atoms with Crippen molar-refractivity contribution in [3.63, 3.8) is 0 Å². The molecular formula is C25H26O3S. The van der Waals surface area contributed by atoms with E-state index in [1.54, 1.807) is 24.3 Å². The SMILES string of the molecule is Cc1ccc(S(=O)(=O)OC2CCC(c3ccccc3)(c3ccccc3)CC2)cc1. The van der Waals surface area contributed by atoms with Crippen molar-refractivity contribution in [2.75, 3.05) is 0 Å². The van der Waals surface area contributed by atoms with Gasteiger partial charge in [-0.1, -0.05) is 78.4 Å². The fourth-order valence-corrected chi connectivity index (χ4v) is 5.51. The van der Waals surface area contributed by atoms with Crippen LogP contribution in [0.2, 0.25) is 0 Å². The molecule has 0 bridgehead atoms. The van der Waals surface area contributed by atoms with Crippen LogP contribution in [0.1, 0.15) is 42.4 Å². The fraction of sp³-hybridized carbons (Fsp3) is 0.280. The minimum Gasteiger partial charge on any atom is -0.263 e. The Morgan fingerprint density at radius 1 is 0.759 bits per heavy atom. The predicted octanol–water partition coefficient (Wildman–Crippen LogP) is 5.63. The molecular weight excluding hydrogens is 380 g/mol. The molecule has 3 aromatic rings. The van der Waals surface area contributed by atoms with Gasteiger partial charge in [0.1, 0.15) is 0 Å². The van der Waals surface area contributed by atoms with Crippen LogP contribution in [0.3, 0.4) is 0 Å². The molecule has 1 aliphatic rings. The zero-order valence-corrected chi connectivity index (χ0v) is 17.4. The average Bonchev–Trinajstić information content (AvgIpc) is 2.76. The van der Waals surface area contributed by atoms with Gasteiger partial charge in [0.2, 0.25) is 0 Å². The predicted molar refractivity (Wildman–Crippen MR) is 115 cm³/mol. The Kier molecular flexibility index (Phi) is 5.57. The molecule has 0 amide bonds. The molecule has 0 heterocycles. The third kappa shape index (κ3) is 4.14. The van der Waals surface area contributed by atoms with E-state index in [1.807, 2.05) is 19.1 Å². The molecule has 3 nitrogen and oxygen atoms in total. The second kappa shape index (κ2) is 8.13. The second-order valence-corrected chi connectivity index (χ2v) is 9.45. The van der Waals surface area contributed by atoms with Crippen LogP contribution in [0.15, 0.2) is 89.8 Å². The number of benzene rings is 3. The van der Waals surface area contributed by atoms with Gasteiger partial charge in [-0.3, -0.25) is 4.18 Å². The maximum atomic E-state index is 12.7.